The third-order valence-electron chi connectivity index (χ3n) is 3.09. The molecule has 0 fully saturated rings. The van der Waals surface area contributed by atoms with E-state index < -0.39 is 17.7 Å². The van der Waals surface area contributed by atoms with Crippen molar-refractivity contribution in [3.8, 4) is 0 Å². The van der Waals surface area contributed by atoms with Crippen LogP contribution in [0, 0.1) is 0 Å². The molecular weight excluding hydrogens is 324 g/mol. The van der Waals surface area contributed by atoms with Crippen LogP contribution in [0.4, 0.5) is 4.79 Å². The van der Waals surface area contributed by atoms with E-state index in [2.05, 4.69) is 10.6 Å². The van der Waals surface area contributed by atoms with Crippen LogP contribution in [0.5, 0.6) is 0 Å². The zero-order valence-corrected chi connectivity index (χ0v) is 15.9. The van der Waals surface area contributed by atoms with E-state index in [1.807, 2.05) is 38.1 Å². The molecule has 0 aliphatic carbocycles. The van der Waals surface area contributed by atoms with Crippen LogP contribution in [0.25, 0.3) is 0 Å². The Labute approximate surface area is 149 Å². The van der Waals surface area contributed by atoms with Crippen molar-refractivity contribution in [2.45, 2.75) is 58.7 Å². The van der Waals surface area contributed by atoms with Crippen molar-refractivity contribution in [2.24, 2.45) is 0 Å². The highest BCUT2D eigenvalue weighted by atomic mass is 32.1. The molecule has 1 aromatic carbocycles. The molecule has 0 bridgehead atoms. The molecule has 0 saturated carbocycles. The molecular formula is C18H28N2O3S. The fourth-order valence-corrected chi connectivity index (χ4v) is 2.60. The van der Waals surface area contributed by atoms with Crippen LogP contribution in [0.15, 0.2) is 24.3 Å². The molecule has 0 heterocycles. The number of ether oxygens (including phenoxy) is 1. The van der Waals surface area contributed by atoms with Crippen molar-refractivity contribution >= 4 is 23.3 Å². The molecule has 0 radical (unpaired) electrons. The maximum Gasteiger partial charge on any atom is 0.407 e. The Hall–Kier alpha value is -1.66. The van der Waals surface area contributed by atoms with Gasteiger partial charge >= 0.3 is 6.09 Å². The van der Waals surface area contributed by atoms with E-state index in [1.54, 1.807) is 20.8 Å². The van der Waals surface area contributed by atoms with Crippen LogP contribution in [0.2, 0.25) is 0 Å². The molecule has 24 heavy (non-hydrogen) atoms. The topological polar surface area (TPSA) is 70.6 Å². The second-order valence-electron chi connectivity index (χ2n) is 7.02. The van der Waals surface area contributed by atoms with Crippen molar-refractivity contribution < 1.29 is 14.6 Å². The number of carbonyl (C=O) groups is 1. The minimum atomic E-state index is -0.579. The molecule has 1 atom stereocenters. The summed E-state index contributed by atoms with van der Waals surface area (Å²) in [4.78, 5) is 12.6. The van der Waals surface area contributed by atoms with Crippen molar-refractivity contribution in [2.75, 3.05) is 6.61 Å². The summed E-state index contributed by atoms with van der Waals surface area (Å²) >= 11 is 5.45. The summed E-state index contributed by atoms with van der Waals surface area (Å²) in [6, 6.07) is 7.51. The number of benzene rings is 1. The molecule has 0 unspecified atom stereocenters. The van der Waals surface area contributed by atoms with Gasteiger partial charge in [0, 0.05) is 11.6 Å². The first-order valence-corrected chi connectivity index (χ1v) is 8.52. The third-order valence-corrected chi connectivity index (χ3v) is 3.43. The van der Waals surface area contributed by atoms with Crippen LogP contribution in [0.3, 0.4) is 0 Å². The summed E-state index contributed by atoms with van der Waals surface area (Å²) in [5.41, 5.74) is 1.29. The third kappa shape index (κ3) is 7.27. The molecule has 1 rings (SSSR count). The zero-order valence-electron chi connectivity index (χ0n) is 15.1. The number of hydrogen-bond donors (Lipinski definition) is 3. The molecule has 3 N–H and O–H groups in total. The van der Waals surface area contributed by atoms with Gasteiger partial charge in [0.05, 0.1) is 12.6 Å². The summed E-state index contributed by atoms with van der Waals surface area (Å²) in [5, 5.41) is 15.5. The van der Waals surface area contributed by atoms with Gasteiger partial charge in [-0.3, -0.25) is 0 Å². The molecule has 0 aromatic heterocycles. The summed E-state index contributed by atoms with van der Waals surface area (Å²) < 4.78 is 5.24. The predicted molar refractivity (Wildman–Crippen MR) is 100 cm³/mol. The van der Waals surface area contributed by atoms with Crippen LogP contribution >= 0.6 is 12.2 Å². The van der Waals surface area contributed by atoms with Gasteiger partial charge in [0.1, 0.15) is 10.6 Å². The second kappa shape index (κ2) is 8.99. The van der Waals surface area contributed by atoms with Crippen molar-refractivity contribution in [3.63, 3.8) is 0 Å². The summed E-state index contributed by atoms with van der Waals surface area (Å²) in [6.45, 7) is 9.26. The van der Waals surface area contributed by atoms with E-state index in [4.69, 9.17) is 17.0 Å². The Balaban J connectivity index is 2.82. The van der Waals surface area contributed by atoms with Gasteiger partial charge in [-0.2, -0.15) is 0 Å². The summed E-state index contributed by atoms with van der Waals surface area (Å²) in [7, 11) is 0. The highest BCUT2D eigenvalue weighted by Crippen LogP contribution is 2.13. The van der Waals surface area contributed by atoms with E-state index in [-0.39, 0.29) is 12.6 Å². The average molecular weight is 353 g/mol. The minimum absolute atomic E-state index is 0.183. The molecule has 0 spiro atoms. The van der Waals surface area contributed by atoms with Gasteiger partial charge in [0.25, 0.3) is 0 Å². The lowest BCUT2D eigenvalue weighted by Gasteiger charge is -2.23. The first-order valence-electron chi connectivity index (χ1n) is 8.11. The van der Waals surface area contributed by atoms with E-state index in [9.17, 15) is 9.90 Å². The monoisotopic (exact) mass is 352 g/mol. The van der Waals surface area contributed by atoms with Gasteiger partial charge in [-0.1, -0.05) is 36.5 Å². The molecule has 0 aliphatic rings. The number of aliphatic hydroxyl groups is 1. The molecule has 1 aromatic rings. The number of hydrogen-bond acceptors (Lipinski definition) is 4. The van der Waals surface area contributed by atoms with Gasteiger partial charge in [0.15, 0.2) is 0 Å². The van der Waals surface area contributed by atoms with Crippen molar-refractivity contribution in [1.29, 1.82) is 0 Å². The number of aliphatic hydroxyl groups excluding tert-OH is 1. The first kappa shape index (κ1) is 20.4. The van der Waals surface area contributed by atoms with Gasteiger partial charge in [0.2, 0.25) is 0 Å². The normalized spacial score (nSPS) is 12.6. The maximum atomic E-state index is 11.9. The van der Waals surface area contributed by atoms with E-state index in [1.165, 1.54) is 0 Å². The standard InChI is InChI=1S/C18H28N2O3S/c1-12(2)19-16(24)15-9-7-6-8-13(15)10-14(11-21)20-17(22)23-18(3,4)5/h6-9,12,14,21H,10-11H2,1-5H3,(H,19,24)(H,20,22)/t14-/m0/s1. The number of carbonyl (C=O) groups excluding carboxylic acids is 1. The van der Waals surface area contributed by atoms with Gasteiger partial charge in [-0.05, 0) is 46.6 Å². The molecule has 1 amide bonds. The molecule has 5 nitrogen and oxygen atoms in total. The Morgan fingerprint density at radius 3 is 2.42 bits per heavy atom. The molecule has 134 valence electrons. The Morgan fingerprint density at radius 1 is 1.25 bits per heavy atom. The number of amides is 1. The number of rotatable bonds is 6. The van der Waals surface area contributed by atoms with Crippen LogP contribution < -0.4 is 10.6 Å². The molecule has 0 aliphatic heterocycles. The van der Waals surface area contributed by atoms with Gasteiger partial charge < -0.3 is 20.5 Å². The quantitative estimate of drug-likeness (QED) is 0.687. The minimum Gasteiger partial charge on any atom is -0.444 e. The Morgan fingerprint density at radius 2 is 1.88 bits per heavy atom. The Bertz CT molecular complexity index is 568. The smallest absolute Gasteiger partial charge is 0.407 e. The molecule has 0 saturated heterocycles. The first-order chi connectivity index (χ1) is 11.1. The van der Waals surface area contributed by atoms with E-state index >= 15 is 0 Å². The van der Waals surface area contributed by atoms with Crippen molar-refractivity contribution in [1.82, 2.24) is 10.6 Å². The fourth-order valence-electron chi connectivity index (χ4n) is 2.16. The largest absolute Gasteiger partial charge is 0.444 e. The SMILES string of the molecule is CC(C)NC(=S)c1ccccc1C[C@@H](CO)NC(=O)OC(C)(C)C. The van der Waals surface area contributed by atoms with Crippen LogP contribution in [-0.4, -0.2) is 40.5 Å². The lowest BCUT2D eigenvalue weighted by atomic mass is 10.00. The van der Waals surface area contributed by atoms with E-state index in [0.717, 1.165) is 11.1 Å². The second-order valence-corrected chi connectivity index (χ2v) is 7.42. The highest BCUT2D eigenvalue weighted by molar-refractivity contribution is 7.80. The van der Waals surface area contributed by atoms with Gasteiger partial charge in [-0.25, -0.2) is 4.79 Å². The van der Waals surface area contributed by atoms with Crippen molar-refractivity contribution in [3.05, 3.63) is 35.4 Å². The van der Waals surface area contributed by atoms with Crippen LogP contribution in [0.1, 0.15) is 45.7 Å². The maximum absolute atomic E-state index is 11.9. The van der Waals surface area contributed by atoms with E-state index in [0.29, 0.717) is 11.4 Å². The van der Waals surface area contributed by atoms with Crippen LogP contribution in [-0.2, 0) is 11.2 Å². The Kier molecular flexibility index (Phi) is 7.63. The zero-order chi connectivity index (χ0) is 18.3. The number of thiocarbonyl (C=S) groups is 1. The fraction of sp³-hybridized carbons (Fsp3) is 0.556. The lowest BCUT2D eigenvalue weighted by molar-refractivity contribution is 0.0483. The average Bonchev–Trinajstić information content (AvgIpc) is 2.44. The summed E-state index contributed by atoms with van der Waals surface area (Å²) in [6.07, 6.45) is -0.0758. The predicted octanol–water partition coefficient (Wildman–Crippen LogP) is 2.79. The molecule has 6 heteroatoms. The lowest BCUT2D eigenvalue weighted by Crippen LogP contribution is -2.42. The van der Waals surface area contributed by atoms with Gasteiger partial charge in [-0.15, -0.1) is 0 Å². The number of alkyl carbamates (subject to hydrolysis) is 1. The number of nitrogens with one attached hydrogen (secondary N) is 2. The highest BCUT2D eigenvalue weighted by Gasteiger charge is 2.20. The summed E-state index contributed by atoms with van der Waals surface area (Å²) in [5.74, 6) is 0.